The molecule has 0 atom stereocenters. The van der Waals surface area contributed by atoms with Crippen LogP contribution in [0.2, 0.25) is 0 Å². The van der Waals surface area contributed by atoms with E-state index in [0.29, 0.717) is 30.4 Å². The van der Waals surface area contributed by atoms with Gasteiger partial charge in [0.15, 0.2) is 18.1 Å². The quantitative estimate of drug-likeness (QED) is 0.453. The molecule has 1 heterocycles. The standard InChI is InChI=1S/C18H16N2O8/c1-25-14-5-3-12(20(23)24)9-13(14)18(22)28-10-17(21)19-11-2-4-15-16(8-11)27-7-6-26-15/h2-5,8-9H,6-7,10H2,1H3,(H,19,21). The Balaban J connectivity index is 1.62. The number of benzene rings is 2. The summed E-state index contributed by atoms with van der Waals surface area (Å²) < 4.78 is 20.8. The van der Waals surface area contributed by atoms with Gasteiger partial charge < -0.3 is 24.3 Å². The van der Waals surface area contributed by atoms with E-state index in [2.05, 4.69) is 5.32 Å². The third-order valence-corrected chi connectivity index (χ3v) is 3.77. The first-order chi connectivity index (χ1) is 13.5. The molecule has 1 aliphatic heterocycles. The number of carbonyl (C=O) groups is 2. The predicted molar refractivity (Wildman–Crippen MR) is 96.0 cm³/mol. The fraction of sp³-hybridized carbons (Fsp3) is 0.222. The highest BCUT2D eigenvalue weighted by molar-refractivity contribution is 5.97. The lowest BCUT2D eigenvalue weighted by Gasteiger charge is -2.19. The number of nitrogens with one attached hydrogen (secondary N) is 1. The lowest BCUT2D eigenvalue weighted by Crippen LogP contribution is -2.21. The molecule has 0 bridgehead atoms. The number of fused-ring (bicyclic) bond motifs is 1. The number of esters is 1. The minimum absolute atomic E-state index is 0.0999. The average molecular weight is 388 g/mol. The fourth-order valence-corrected chi connectivity index (χ4v) is 2.50. The Kier molecular flexibility index (Phi) is 5.58. The summed E-state index contributed by atoms with van der Waals surface area (Å²) in [6, 6.07) is 8.38. The van der Waals surface area contributed by atoms with Crippen LogP contribution in [0.25, 0.3) is 0 Å². The smallest absolute Gasteiger partial charge is 0.342 e. The summed E-state index contributed by atoms with van der Waals surface area (Å²) in [7, 11) is 1.31. The van der Waals surface area contributed by atoms with Gasteiger partial charge in [0.2, 0.25) is 0 Å². The van der Waals surface area contributed by atoms with Crippen molar-refractivity contribution in [3.05, 3.63) is 52.1 Å². The van der Waals surface area contributed by atoms with Gasteiger partial charge in [-0.05, 0) is 18.2 Å². The van der Waals surface area contributed by atoms with E-state index < -0.39 is 23.4 Å². The molecule has 0 spiro atoms. The molecule has 0 aliphatic carbocycles. The summed E-state index contributed by atoms with van der Waals surface area (Å²) in [6.07, 6.45) is 0. The van der Waals surface area contributed by atoms with E-state index in [4.69, 9.17) is 18.9 Å². The van der Waals surface area contributed by atoms with Crippen LogP contribution in [0, 0.1) is 10.1 Å². The van der Waals surface area contributed by atoms with E-state index in [9.17, 15) is 19.7 Å². The molecular formula is C18H16N2O8. The Bertz CT molecular complexity index is 928. The molecule has 0 saturated carbocycles. The second-order valence-electron chi connectivity index (χ2n) is 5.62. The number of methoxy groups -OCH3 is 1. The summed E-state index contributed by atoms with van der Waals surface area (Å²) in [4.78, 5) is 34.5. The highest BCUT2D eigenvalue weighted by Crippen LogP contribution is 2.32. The molecule has 1 aliphatic rings. The van der Waals surface area contributed by atoms with E-state index in [1.165, 1.54) is 19.2 Å². The molecule has 2 aromatic rings. The Morgan fingerprint density at radius 1 is 1.14 bits per heavy atom. The highest BCUT2D eigenvalue weighted by atomic mass is 16.6. The molecule has 0 fully saturated rings. The number of non-ortho nitro benzene ring substituents is 1. The number of carbonyl (C=O) groups excluding carboxylic acids is 2. The molecule has 28 heavy (non-hydrogen) atoms. The molecule has 0 aromatic heterocycles. The molecule has 10 nitrogen and oxygen atoms in total. The zero-order valence-electron chi connectivity index (χ0n) is 14.8. The second-order valence-corrected chi connectivity index (χ2v) is 5.62. The number of rotatable bonds is 6. The molecule has 10 heteroatoms. The summed E-state index contributed by atoms with van der Waals surface area (Å²) in [5.74, 6) is -0.328. The first kappa shape index (κ1) is 19.0. The number of nitro benzene ring substituents is 1. The Morgan fingerprint density at radius 2 is 1.89 bits per heavy atom. The number of amides is 1. The first-order valence-corrected chi connectivity index (χ1v) is 8.17. The Morgan fingerprint density at radius 3 is 2.61 bits per heavy atom. The molecular weight excluding hydrogens is 372 g/mol. The number of nitro groups is 1. The lowest BCUT2D eigenvalue weighted by molar-refractivity contribution is -0.384. The van der Waals surface area contributed by atoms with Crippen LogP contribution >= 0.6 is 0 Å². The maximum atomic E-state index is 12.2. The van der Waals surface area contributed by atoms with E-state index in [1.807, 2.05) is 0 Å². The predicted octanol–water partition coefficient (Wildman–Crippen LogP) is 2.17. The zero-order valence-corrected chi connectivity index (χ0v) is 14.8. The van der Waals surface area contributed by atoms with Crippen LogP contribution in [-0.4, -0.2) is 43.7 Å². The van der Waals surface area contributed by atoms with Crippen molar-refractivity contribution in [3.8, 4) is 17.2 Å². The van der Waals surface area contributed by atoms with Crippen LogP contribution in [0.1, 0.15) is 10.4 Å². The summed E-state index contributed by atoms with van der Waals surface area (Å²) >= 11 is 0. The number of anilines is 1. The van der Waals surface area contributed by atoms with E-state index in [-0.39, 0.29) is 17.0 Å². The third kappa shape index (κ3) is 4.29. The molecule has 2 aromatic carbocycles. The molecule has 146 valence electrons. The average Bonchev–Trinajstić information content (AvgIpc) is 2.71. The van der Waals surface area contributed by atoms with Crippen LogP contribution in [0.4, 0.5) is 11.4 Å². The third-order valence-electron chi connectivity index (χ3n) is 3.77. The molecule has 0 saturated heterocycles. The van der Waals surface area contributed by atoms with Gasteiger partial charge >= 0.3 is 5.97 Å². The van der Waals surface area contributed by atoms with Crippen molar-refractivity contribution in [1.82, 2.24) is 0 Å². The monoisotopic (exact) mass is 388 g/mol. The van der Waals surface area contributed by atoms with Crippen LogP contribution in [-0.2, 0) is 9.53 Å². The van der Waals surface area contributed by atoms with E-state index >= 15 is 0 Å². The molecule has 1 N–H and O–H groups in total. The summed E-state index contributed by atoms with van der Waals surface area (Å²) in [5, 5.41) is 13.4. The minimum atomic E-state index is -0.919. The van der Waals surface area contributed by atoms with E-state index in [0.717, 1.165) is 6.07 Å². The number of nitrogens with zero attached hydrogens (tertiary/aromatic N) is 1. The summed E-state index contributed by atoms with van der Waals surface area (Å²) in [5.41, 5.74) is -0.00413. The van der Waals surface area contributed by atoms with Gasteiger partial charge in [-0.15, -0.1) is 0 Å². The van der Waals surface area contributed by atoms with Gasteiger partial charge in [0.1, 0.15) is 24.5 Å². The Labute approximate surface area is 159 Å². The maximum Gasteiger partial charge on any atom is 0.342 e. The van der Waals surface area contributed by atoms with Crippen molar-refractivity contribution in [2.75, 3.05) is 32.2 Å². The van der Waals surface area contributed by atoms with Crippen LogP contribution in [0.15, 0.2) is 36.4 Å². The number of hydrogen-bond acceptors (Lipinski definition) is 8. The van der Waals surface area contributed by atoms with Gasteiger partial charge in [0.05, 0.1) is 12.0 Å². The molecule has 1 amide bonds. The van der Waals surface area contributed by atoms with Crippen LogP contribution in [0.3, 0.4) is 0 Å². The molecule has 0 radical (unpaired) electrons. The van der Waals surface area contributed by atoms with Crippen LogP contribution < -0.4 is 19.5 Å². The first-order valence-electron chi connectivity index (χ1n) is 8.17. The van der Waals surface area contributed by atoms with Gasteiger partial charge in [-0.3, -0.25) is 14.9 Å². The van der Waals surface area contributed by atoms with Crippen molar-refractivity contribution < 1.29 is 33.5 Å². The van der Waals surface area contributed by atoms with E-state index in [1.54, 1.807) is 18.2 Å². The molecule has 3 rings (SSSR count). The normalized spacial score (nSPS) is 12.0. The molecule has 0 unspecified atom stereocenters. The van der Waals surface area contributed by atoms with Crippen molar-refractivity contribution in [1.29, 1.82) is 0 Å². The largest absolute Gasteiger partial charge is 0.496 e. The lowest BCUT2D eigenvalue weighted by atomic mass is 10.2. The van der Waals surface area contributed by atoms with Crippen LogP contribution in [0.5, 0.6) is 17.2 Å². The van der Waals surface area contributed by atoms with Crippen molar-refractivity contribution in [3.63, 3.8) is 0 Å². The highest BCUT2D eigenvalue weighted by Gasteiger charge is 2.20. The number of ether oxygens (including phenoxy) is 4. The van der Waals surface area contributed by atoms with Gasteiger partial charge in [-0.2, -0.15) is 0 Å². The number of hydrogen-bond donors (Lipinski definition) is 1. The zero-order chi connectivity index (χ0) is 20.1. The van der Waals surface area contributed by atoms with Crippen molar-refractivity contribution in [2.24, 2.45) is 0 Å². The Hall–Kier alpha value is -3.82. The van der Waals surface area contributed by atoms with Gasteiger partial charge in [0, 0.05) is 23.9 Å². The van der Waals surface area contributed by atoms with Gasteiger partial charge in [-0.1, -0.05) is 0 Å². The van der Waals surface area contributed by atoms with Gasteiger partial charge in [-0.25, -0.2) is 4.79 Å². The summed E-state index contributed by atoms with van der Waals surface area (Å²) in [6.45, 7) is 0.280. The fourth-order valence-electron chi connectivity index (χ4n) is 2.50. The second kappa shape index (κ2) is 8.25. The van der Waals surface area contributed by atoms with Crippen molar-refractivity contribution in [2.45, 2.75) is 0 Å². The maximum absolute atomic E-state index is 12.2. The van der Waals surface area contributed by atoms with Crippen molar-refractivity contribution >= 4 is 23.3 Å². The SMILES string of the molecule is COc1ccc([N+](=O)[O-])cc1C(=O)OCC(=O)Nc1ccc2c(c1)OCCO2. The van der Waals surface area contributed by atoms with Gasteiger partial charge in [0.25, 0.3) is 11.6 Å². The minimum Gasteiger partial charge on any atom is -0.496 e. The topological polar surface area (TPSA) is 126 Å².